The topological polar surface area (TPSA) is 30.5 Å². The van der Waals surface area contributed by atoms with Crippen LogP contribution in [0, 0.1) is 0 Å². The molecule has 306 valence electrons. The summed E-state index contributed by atoms with van der Waals surface area (Å²) in [5.74, 6) is 0. The smallest absolute Gasteiger partial charge is 0.0470 e. The average Bonchev–Trinajstić information content (AvgIpc) is 3.37. The third-order valence-electron chi connectivity index (χ3n) is 11.4. The van der Waals surface area contributed by atoms with E-state index in [9.17, 15) is 0 Å². The van der Waals surface area contributed by atoms with Crippen LogP contribution in [0.2, 0.25) is 0 Å². The first-order valence-electron chi connectivity index (χ1n) is 21.7. The van der Waals surface area contributed by atoms with Crippen molar-refractivity contribution < 1.29 is 0 Å². The highest BCUT2D eigenvalue weighted by Gasteiger charge is 2.20. The molecule has 0 saturated carbocycles. The van der Waals surface area contributed by atoms with E-state index >= 15 is 0 Å². The Balaban J connectivity index is 0.965. The van der Waals surface area contributed by atoms with Crippen LogP contribution in [0.15, 0.2) is 267 Å². The largest absolute Gasteiger partial charge is 0.356 e. The van der Waals surface area contributed by atoms with Crippen molar-refractivity contribution in [1.29, 1.82) is 0 Å². The standard InChI is InChI=1S/C60H46N4/c1-7-19-46(20-8-1)59-57(45-31-33-48(34-32-45)61-49-35-39-55(40-36-49)63(51-23-11-3-12-24-51)52-25-13-4-14-26-52)43-44-58(60(59)47-21-9-2-10-22-47)62-50-37-41-56(42-38-50)64(53-27-15-5-16-28-53)54-29-17-6-18-30-54/h1-44,61-62H. The molecule has 0 atom stereocenters. The summed E-state index contributed by atoms with van der Waals surface area (Å²) in [5, 5.41) is 7.49. The van der Waals surface area contributed by atoms with Gasteiger partial charge in [0, 0.05) is 62.4 Å². The van der Waals surface area contributed by atoms with Crippen LogP contribution in [0.4, 0.5) is 56.9 Å². The Bertz CT molecular complexity index is 2960. The summed E-state index contributed by atoms with van der Waals surface area (Å²) in [6.07, 6.45) is 0. The molecule has 0 bridgehead atoms. The first-order chi connectivity index (χ1) is 31.7. The molecule has 0 fully saturated rings. The number of hydrogen-bond acceptors (Lipinski definition) is 4. The Kier molecular flexibility index (Phi) is 11.5. The Labute approximate surface area is 376 Å². The SMILES string of the molecule is c1ccc(-c2c(Nc3ccc(N(c4ccccc4)c4ccccc4)cc3)ccc(-c3ccc(Nc4ccc(N(c5ccccc5)c5ccccc5)cc4)cc3)c2-c2ccccc2)cc1. The van der Waals surface area contributed by atoms with E-state index in [2.05, 4.69) is 287 Å². The number of hydrogen-bond donors (Lipinski definition) is 2. The normalized spacial score (nSPS) is 10.8. The highest BCUT2D eigenvalue weighted by Crippen LogP contribution is 2.46. The lowest BCUT2D eigenvalue weighted by molar-refractivity contribution is 1.28. The summed E-state index contributed by atoms with van der Waals surface area (Å²) in [7, 11) is 0. The van der Waals surface area contributed by atoms with Crippen molar-refractivity contribution >= 4 is 56.9 Å². The second-order valence-electron chi connectivity index (χ2n) is 15.6. The van der Waals surface area contributed by atoms with Crippen LogP contribution in [0.25, 0.3) is 33.4 Å². The predicted octanol–water partition coefficient (Wildman–Crippen LogP) is 17.1. The van der Waals surface area contributed by atoms with Crippen LogP contribution >= 0.6 is 0 Å². The maximum absolute atomic E-state index is 3.84. The zero-order valence-electron chi connectivity index (χ0n) is 35.3. The van der Waals surface area contributed by atoms with Gasteiger partial charge in [-0.05, 0) is 143 Å². The highest BCUT2D eigenvalue weighted by molar-refractivity contribution is 6.01. The lowest BCUT2D eigenvalue weighted by atomic mass is 9.86. The molecule has 4 heteroatoms. The number of rotatable bonds is 13. The van der Waals surface area contributed by atoms with Gasteiger partial charge >= 0.3 is 0 Å². The molecule has 0 aliphatic carbocycles. The molecule has 0 aromatic heterocycles. The molecule has 0 radical (unpaired) electrons. The second-order valence-corrected chi connectivity index (χ2v) is 15.6. The van der Waals surface area contributed by atoms with Crippen LogP contribution in [-0.4, -0.2) is 0 Å². The fourth-order valence-corrected chi connectivity index (χ4v) is 8.40. The Morgan fingerprint density at radius 1 is 0.219 bits per heavy atom. The zero-order chi connectivity index (χ0) is 42.9. The maximum Gasteiger partial charge on any atom is 0.0470 e. The third-order valence-corrected chi connectivity index (χ3v) is 11.4. The van der Waals surface area contributed by atoms with Gasteiger partial charge in [0.05, 0.1) is 0 Å². The van der Waals surface area contributed by atoms with Crippen molar-refractivity contribution in [2.75, 3.05) is 20.4 Å². The molecular formula is C60H46N4. The van der Waals surface area contributed by atoms with Gasteiger partial charge in [-0.1, -0.05) is 152 Å². The van der Waals surface area contributed by atoms with Crippen molar-refractivity contribution in [2.24, 2.45) is 0 Å². The summed E-state index contributed by atoms with van der Waals surface area (Å²) >= 11 is 0. The Morgan fingerprint density at radius 3 is 0.922 bits per heavy atom. The first-order valence-corrected chi connectivity index (χ1v) is 21.7. The van der Waals surface area contributed by atoms with Gasteiger partial charge in [-0.25, -0.2) is 0 Å². The van der Waals surface area contributed by atoms with E-state index in [1.165, 1.54) is 5.56 Å². The Hall–Kier alpha value is -8.60. The van der Waals surface area contributed by atoms with Gasteiger partial charge in [-0.3, -0.25) is 0 Å². The van der Waals surface area contributed by atoms with E-state index < -0.39 is 0 Å². The van der Waals surface area contributed by atoms with Crippen LogP contribution in [0.5, 0.6) is 0 Å². The summed E-state index contributed by atoms with van der Waals surface area (Å²) in [6.45, 7) is 0. The molecule has 2 N–H and O–H groups in total. The molecule has 0 heterocycles. The molecule has 0 spiro atoms. The minimum Gasteiger partial charge on any atom is -0.356 e. The highest BCUT2D eigenvalue weighted by atomic mass is 15.1. The van der Waals surface area contributed by atoms with E-state index in [1.807, 2.05) is 0 Å². The predicted molar refractivity (Wildman–Crippen MR) is 272 cm³/mol. The molecule has 4 nitrogen and oxygen atoms in total. The van der Waals surface area contributed by atoms with Crippen molar-refractivity contribution in [3.8, 4) is 33.4 Å². The summed E-state index contributed by atoms with van der Waals surface area (Å²) < 4.78 is 0. The molecule has 0 saturated heterocycles. The van der Waals surface area contributed by atoms with Gasteiger partial charge < -0.3 is 20.4 Å². The van der Waals surface area contributed by atoms with E-state index in [-0.39, 0.29) is 0 Å². The summed E-state index contributed by atoms with van der Waals surface area (Å²) in [6, 6.07) is 94.0. The molecule has 0 amide bonds. The second kappa shape index (κ2) is 18.6. The van der Waals surface area contributed by atoms with Gasteiger partial charge in [0.2, 0.25) is 0 Å². The fourth-order valence-electron chi connectivity index (χ4n) is 8.40. The van der Waals surface area contributed by atoms with E-state index in [4.69, 9.17) is 0 Å². The number of anilines is 10. The molecule has 10 rings (SSSR count). The minimum absolute atomic E-state index is 1.00. The van der Waals surface area contributed by atoms with Crippen molar-refractivity contribution in [3.05, 3.63) is 267 Å². The monoisotopic (exact) mass is 822 g/mol. The van der Waals surface area contributed by atoms with E-state index in [0.29, 0.717) is 0 Å². The number of nitrogens with one attached hydrogen (secondary N) is 2. The van der Waals surface area contributed by atoms with Crippen molar-refractivity contribution in [3.63, 3.8) is 0 Å². The molecule has 64 heavy (non-hydrogen) atoms. The van der Waals surface area contributed by atoms with Gasteiger partial charge in [-0.2, -0.15) is 0 Å². The summed E-state index contributed by atoms with van der Waals surface area (Å²) in [4.78, 5) is 4.56. The number of para-hydroxylation sites is 4. The molecule has 10 aromatic rings. The summed E-state index contributed by atoms with van der Waals surface area (Å²) in [5.41, 5.74) is 17.6. The number of nitrogens with zero attached hydrogens (tertiary/aromatic N) is 2. The lowest BCUT2D eigenvalue weighted by Gasteiger charge is -2.26. The van der Waals surface area contributed by atoms with Crippen molar-refractivity contribution in [2.45, 2.75) is 0 Å². The molecule has 0 aliphatic heterocycles. The molecule has 10 aromatic carbocycles. The van der Waals surface area contributed by atoms with Gasteiger partial charge in [0.15, 0.2) is 0 Å². The van der Waals surface area contributed by atoms with Gasteiger partial charge in [-0.15, -0.1) is 0 Å². The van der Waals surface area contributed by atoms with Gasteiger partial charge in [0.1, 0.15) is 0 Å². The van der Waals surface area contributed by atoms with E-state index in [1.54, 1.807) is 0 Å². The lowest BCUT2D eigenvalue weighted by Crippen LogP contribution is -2.09. The van der Waals surface area contributed by atoms with E-state index in [0.717, 1.165) is 84.7 Å². The zero-order valence-corrected chi connectivity index (χ0v) is 35.3. The third kappa shape index (κ3) is 8.62. The first kappa shape index (κ1) is 39.5. The number of benzene rings is 10. The maximum atomic E-state index is 3.84. The van der Waals surface area contributed by atoms with Crippen LogP contribution in [0.3, 0.4) is 0 Å². The average molecular weight is 823 g/mol. The minimum atomic E-state index is 1.00. The van der Waals surface area contributed by atoms with Gasteiger partial charge in [0.25, 0.3) is 0 Å². The van der Waals surface area contributed by atoms with Crippen LogP contribution < -0.4 is 20.4 Å². The molecule has 0 aliphatic rings. The van der Waals surface area contributed by atoms with Crippen LogP contribution in [0.1, 0.15) is 0 Å². The molecular weight excluding hydrogens is 777 g/mol. The van der Waals surface area contributed by atoms with Crippen LogP contribution in [-0.2, 0) is 0 Å². The Morgan fingerprint density at radius 2 is 0.531 bits per heavy atom. The van der Waals surface area contributed by atoms with Crippen molar-refractivity contribution in [1.82, 2.24) is 0 Å². The fraction of sp³-hybridized carbons (Fsp3) is 0. The quantitative estimate of drug-likeness (QED) is 0.121. The molecule has 0 unspecified atom stereocenters.